The van der Waals surface area contributed by atoms with Gasteiger partial charge in [-0.1, -0.05) is 0 Å². The zero-order chi connectivity index (χ0) is 14.3. The fraction of sp³-hybridized carbons (Fsp3) is 0.400. The Morgan fingerprint density at radius 2 is 1.63 bits per heavy atom. The molecule has 0 aliphatic rings. The molecule has 0 saturated carbocycles. The van der Waals surface area contributed by atoms with E-state index >= 15 is 0 Å². The minimum absolute atomic E-state index is 0.00628. The molecule has 0 atom stereocenters. The Bertz CT molecular complexity index is 428. The Morgan fingerprint density at radius 1 is 1.11 bits per heavy atom. The van der Waals surface area contributed by atoms with Crippen molar-refractivity contribution < 1.29 is 14.3 Å². The molecule has 0 N–H and O–H groups in total. The topological polar surface area (TPSA) is 38.8 Å². The number of hydrogen-bond acceptors (Lipinski definition) is 3. The smallest absolute Gasteiger partial charge is 0.246 e. The number of likely N-dealkylation sites (N-methyl/N-ethyl adjacent to an activating group) is 1. The third-order valence-corrected chi connectivity index (χ3v) is 2.87. The second-order valence-corrected chi connectivity index (χ2v) is 3.99. The number of nitrogens with zero attached hydrogens (tertiary/aromatic N) is 1. The Hall–Kier alpha value is -1.97. The number of carbonyl (C=O) groups excluding carboxylic acids is 1. The summed E-state index contributed by atoms with van der Waals surface area (Å²) in [6.45, 7) is 5.34. The van der Waals surface area contributed by atoms with E-state index in [9.17, 15) is 4.79 Å². The number of ether oxygens (including phenoxy) is 2. The summed E-state index contributed by atoms with van der Waals surface area (Å²) < 4.78 is 10.4. The van der Waals surface area contributed by atoms with Gasteiger partial charge >= 0.3 is 0 Å². The highest BCUT2D eigenvalue weighted by Gasteiger charge is 2.05. The molecular weight excluding hydrogens is 242 g/mol. The number of hydrogen-bond donors (Lipinski definition) is 0. The van der Waals surface area contributed by atoms with Gasteiger partial charge in [-0.05, 0) is 37.6 Å². The molecule has 4 heteroatoms. The Labute approximate surface area is 114 Å². The van der Waals surface area contributed by atoms with Crippen LogP contribution in [0.2, 0.25) is 0 Å². The van der Waals surface area contributed by atoms with Gasteiger partial charge in [0.05, 0.1) is 14.2 Å². The van der Waals surface area contributed by atoms with E-state index in [1.165, 1.54) is 0 Å². The van der Waals surface area contributed by atoms with Gasteiger partial charge in [0, 0.05) is 25.2 Å². The summed E-state index contributed by atoms with van der Waals surface area (Å²) >= 11 is 0. The quantitative estimate of drug-likeness (QED) is 0.740. The third kappa shape index (κ3) is 4.32. The van der Waals surface area contributed by atoms with E-state index in [4.69, 9.17) is 9.47 Å². The molecule has 0 unspecified atom stereocenters. The van der Waals surface area contributed by atoms with Crippen molar-refractivity contribution in [3.8, 4) is 11.5 Å². The molecule has 1 aromatic rings. The monoisotopic (exact) mass is 263 g/mol. The molecule has 1 amide bonds. The molecule has 0 spiro atoms. The van der Waals surface area contributed by atoms with Crippen molar-refractivity contribution in [1.82, 2.24) is 4.90 Å². The molecule has 0 radical (unpaired) electrons. The lowest BCUT2D eigenvalue weighted by molar-refractivity contribution is -0.125. The van der Waals surface area contributed by atoms with Gasteiger partial charge in [-0.2, -0.15) is 0 Å². The Kier molecular flexibility index (Phi) is 5.93. The van der Waals surface area contributed by atoms with Crippen LogP contribution in [-0.2, 0) is 4.79 Å². The molecule has 0 aliphatic heterocycles. The first-order valence-electron chi connectivity index (χ1n) is 6.34. The zero-order valence-corrected chi connectivity index (χ0v) is 12.0. The Balaban J connectivity index is 2.89. The first-order chi connectivity index (χ1) is 9.14. The van der Waals surface area contributed by atoms with E-state index in [1.807, 2.05) is 26.0 Å². The fourth-order valence-electron chi connectivity index (χ4n) is 1.73. The lowest BCUT2D eigenvalue weighted by atomic mass is 10.2. The van der Waals surface area contributed by atoms with Crippen LogP contribution in [0.3, 0.4) is 0 Å². The minimum atomic E-state index is 0.00628. The largest absolute Gasteiger partial charge is 0.497 e. The van der Waals surface area contributed by atoms with Crippen LogP contribution in [-0.4, -0.2) is 38.1 Å². The summed E-state index contributed by atoms with van der Waals surface area (Å²) in [6, 6.07) is 5.51. The molecule has 0 aliphatic carbocycles. The molecule has 0 aromatic heterocycles. The predicted octanol–water partition coefficient (Wildman–Crippen LogP) is 2.59. The van der Waals surface area contributed by atoms with E-state index in [0.29, 0.717) is 24.6 Å². The van der Waals surface area contributed by atoms with E-state index < -0.39 is 0 Å². The molecule has 0 fully saturated rings. The van der Waals surface area contributed by atoms with Gasteiger partial charge in [0.15, 0.2) is 0 Å². The minimum Gasteiger partial charge on any atom is -0.497 e. The van der Waals surface area contributed by atoms with Gasteiger partial charge < -0.3 is 14.4 Å². The number of rotatable bonds is 6. The third-order valence-electron chi connectivity index (χ3n) is 2.87. The van der Waals surface area contributed by atoms with Gasteiger partial charge in [-0.15, -0.1) is 0 Å². The van der Waals surface area contributed by atoms with Crippen molar-refractivity contribution in [3.63, 3.8) is 0 Å². The molecule has 4 nitrogen and oxygen atoms in total. The lowest BCUT2D eigenvalue weighted by Gasteiger charge is -2.15. The predicted molar refractivity (Wildman–Crippen MR) is 76.5 cm³/mol. The highest BCUT2D eigenvalue weighted by atomic mass is 16.5. The average Bonchev–Trinajstić information content (AvgIpc) is 2.45. The standard InChI is InChI=1S/C15H21NO3/c1-5-16(6-2)15(17)8-7-12-9-13(18-3)11-14(10-12)19-4/h7-11H,5-6H2,1-4H3/b8-7+. The maximum absolute atomic E-state index is 11.9. The molecule has 1 rings (SSSR count). The maximum Gasteiger partial charge on any atom is 0.246 e. The number of methoxy groups -OCH3 is 2. The maximum atomic E-state index is 11.9. The molecule has 0 heterocycles. The summed E-state index contributed by atoms with van der Waals surface area (Å²) in [5, 5.41) is 0. The van der Waals surface area contributed by atoms with E-state index in [1.54, 1.807) is 37.3 Å². The van der Waals surface area contributed by atoms with Gasteiger partial charge in [0.1, 0.15) is 11.5 Å². The molecule has 1 aromatic carbocycles. The van der Waals surface area contributed by atoms with Crippen LogP contribution in [0.4, 0.5) is 0 Å². The first-order valence-corrected chi connectivity index (χ1v) is 6.34. The highest BCUT2D eigenvalue weighted by molar-refractivity contribution is 5.91. The van der Waals surface area contributed by atoms with Crippen molar-refractivity contribution in [1.29, 1.82) is 0 Å². The molecule has 104 valence electrons. The van der Waals surface area contributed by atoms with E-state index in [2.05, 4.69) is 0 Å². The van der Waals surface area contributed by atoms with Crippen molar-refractivity contribution >= 4 is 12.0 Å². The molecule has 0 bridgehead atoms. The van der Waals surface area contributed by atoms with Gasteiger partial charge in [0.25, 0.3) is 0 Å². The SMILES string of the molecule is CCN(CC)C(=O)/C=C/c1cc(OC)cc(OC)c1. The van der Waals surface area contributed by atoms with Crippen LogP contribution >= 0.6 is 0 Å². The number of carbonyl (C=O) groups is 1. The lowest BCUT2D eigenvalue weighted by Crippen LogP contribution is -2.28. The second kappa shape index (κ2) is 7.46. The summed E-state index contributed by atoms with van der Waals surface area (Å²) in [6.07, 6.45) is 3.34. The summed E-state index contributed by atoms with van der Waals surface area (Å²) in [5.41, 5.74) is 0.872. The molecular formula is C15H21NO3. The summed E-state index contributed by atoms with van der Waals surface area (Å²) in [5.74, 6) is 1.41. The number of amides is 1. The first kappa shape index (κ1) is 15.1. The molecule has 0 saturated heterocycles. The van der Waals surface area contributed by atoms with Crippen LogP contribution in [0.15, 0.2) is 24.3 Å². The van der Waals surface area contributed by atoms with Crippen LogP contribution < -0.4 is 9.47 Å². The van der Waals surface area contributed by atoms with Gasteiger partial charge in [0.2, 0.25) is 5.91 Å². The van der Waals surface area contributed by atoms with Crippen molar-refractivity contribution in [3.05, 3.63) is 29.8 Å². The Morgan fingerprint density at radius 3 is 2.05 bits per heavy atom. The van der Waals surface area contributed by atoms with Crippen LogP contribution in [0.5, 0.6) is 11.5 Å². The zero-order valence-electron chi connectivity index (χ0n) is 12.0. The number of benzene rings is 1. The van der Waals surface area contributed by atoms with E-state index in [-0.39, 0.29) is 5.91 Å². The van der Waals surface area contributed by atoms with Crippen molar-refractivity contribution in [2.24, 2.45) is 0 Å². The van der Waals surface area contributed by atoms with Crippen molar-refractivity contribution in [2.75, 3.05) is 27.3 Å². The highest BCUT2D eigenvalue weighted by Crippen LogP contribution is 2.23. The van der Waals surface area contributed by atoms with Crippen LogP contribution in [0, 0.1) is 0 Å². The fourth-order valence-corrected chi connectivity index (χ4v) is 1.73. The van der Waals surface area contributed by atoms with Crippen LogP contribution in [0.25, 0.3) is 6.08 Å². The van der Waals surface area contributed by atoms with Crippen molar-refractivity contribution in [2.45, 2.75) is 13.8 Å². The van der Waals surface area contributed by atoms with E-state index in [0.717, 1.165) is 5.56 Å². The summed E-state index contributed by atoms with van der Waals surface area (Å²) in [7, 11) is 3.20. The van der Waals surface area contributed by atoms with Gasteiger partial charge in [-0.3, -0.25) is 4.79 Å². The van der Waals surface area contributed by atoms with Crippen LogP contribution in [0.1, 0.15) is 19.4 Å². The second-order valence-electron chi connectivity index (χ2n) is 3.99. The average molecular weight is 263 g/mol. The van der Waals surface area contributed by atoms with Gasteiger partial charge in [-0.25, -0.2) is 0 Å². The molecule has 19 heavy (non-hydrogen) atoms. The normalized spacial score (nSPS) is 10.5. The summed E-state index contributed by atoms with van der Waals surface area (Å²) in [4.78, 5) is 13.6.